The number of nitrogens with zero attached hydrogens (tertiary/aromatic N) is 2. The average molecular weight is 310 g/mol. The third kappa shape index (κ3) is 3.53. The number of hydrogen-bond donors (Lipinski definition) is 2. The van der Waals surface area contributed by atoms with Crippen LogP contribution in [0.4, 0.5) is 10.1 Å². The van der Waals surface area contributed by atoms with Gasteiger partial charge in [0.1, 0.15) is 10.7 Å². The second kappa shape index (κ2) is 5.74. The molecule has 112 valence electrons. The van der Waals surface area contributed by atoms with Crippen LogP contribution in [0.1, 0.15) is 17.0 Å². The van der Waals surface area contributed by atoms with Gasteiger partial charge in [-0.1, -0.05) is 0 Å². The first-order chi connectivity index (χ1) is 9.79. The molecule has 3 N–H and O–H groups in total. The quantitative estimate of drug-likeness (QED) is 0.829. The minimum Gasteiger partial charge on any atom is -0.399 e. The Bertz CT molecular complexity index is 760. The second-order valence-electron chi connectivity index (χ2n) is 4.62. The van der Waals surface area contributed by atoms with Crippen LogP contribution >= 0.6 is 0 Å². The van der Waals surface area contributed by atoms with Gasteiger partial charge in [-0.25, -0.2) is 17.5 Å². The van der Waals surface area contributed by atoms with Gasteiger partial charge in [0.2, 0.25) is 10.0 Å². The van der Waals surface area contributed by atoms with Gasteiger partial charge in [-0.05, 0) is 31.5 Å². The number of sulfonamides is 1. The number of rotatable bonds is 4. The Kier molecular flexibility index (Phi) is 4.19. The van der Waals surface area contributed by atoms with Gasteiger partial charge in [-0.3, -0.25) is 9.97 Å². The van der Waals surface area contributed by atoms with Gasteiger partial charge < -0.3 is 5.73 Å². The molecular weight excluding hydrogens is 295 g/mol. The molecule has 0 fully saturated rings. The highest BCUT2D eigenvalue weighted by molar-refractivity contribution is 7.89. The Morgan fingerprint density at radius 2 is 1.95 bits per heavy atom. The molecule has 1 aromatic carbocycles. The second-order valence-corrected chi connectivity index (χ2v) is 6.36. The van der Waals surface area contributed by atoms with Crippen LogP contribution in [0.15, 0.2) is 29.4 Å². The summed E-state index contributed by atoms with van der Waals surface area (Å²) in [6, 6.07) is 2.46. The van der Waals surface area contributed by atoms with Crippen molar-refractivity contribution in [3.8, 4) is 0 Å². The van der Waals surface area contributed by atoms with Gasteiger partial charge in [0, 0.05) is 11.9 Å². The molecule has 1 aromatic heterocycles. The third-order valence-corrected chi connectivity index (χ3v) is 4.21. The molecule has 2 rings (SSSR count). The summed E-state index contributed by atoms with van der Waals surface area (Å²) in [5.74, 6) is -0.813. The van der Waals surface area contributed by atoms with E-state index in [0.29, 0.717) is 5.69 Å². The summed E-state index contributed by atoms with van der Waals surface area (Å²) < 4.78 is 40.5. The van der Waals surface area contributed by atoms with Crippen LogP contribution in [-0.4, -0.2) is 18.4 Å². The van der Waals surface area contributed by atoms with E-state index in [1.54, 1.807) is 6.92 Å². The van der Waals surface area contributed by atoms with Crippen molar-refractivity contribution in [3.63, 3.8) is 0 Å². The Morgan fingerprint density at radius 1 is 1.24 bits per heavy atom. The maximum Gasteiger partial charge on any atom is 0.243 e. The maximum atomic E-state index is 14.0. The molecule has 0 unspecified atom stereocenters. The number of aryl methyl sites for hydroxylation is 2. The van der Waals surface area contributed by atoms with E-state index in [1.807, 2.05) is 0 Å². The lowest BCUT2D eigenvalue weighted by atomic mass is 10.2. The molecule has 2 aromatic rings. The van der Waals surface area contributed by atoms with E-state index in [9.17, 15) is 12.8 Å². The number of benzene rings is 1. The van der Waals surface area contributed by atoms with Crippen molar-refractivity contribution in [1.29, 1.82) is 0 Å². The topological polar surface area (TPSA) is 98.0 Å². The van der Waals surface area contributed by atoms with E-state index < -0.39 is 20.7 Å². The van der Waals surface area contributed by atoms with Gasteiger partial charge in [-0.2, -0.15) is 0 Å². The average Bonchev–Trinajstić information content (AvgIpc) is 2.42. The summed E-state index contributed by atoms with van der Waals surface area (Å²) in [4.78, 5) is 7.56. The fraction of sp³-hybridized carbons (Fsp3) is 0.231. The first-order valence-corrected chi connectivity index (χ1v) is 7.61. The van der Waals surface area contributed by atoms with Gasteiger partial charge in [0.05, 0.1) is 24.1 Å². The SMILES string of the molecule is Cc1cnc(CNS(=O)(=O)c2cc(N)cc(C)c2F)cn1. The minimum absolute atomic E-state index is 0.0805. The van der Waals surface area contributed by atoms with Crippen LogP contribution in [-0.2, 0) is 16.6 Å². The van der Waals surface area contributed by atoms with Crippen LogP contribution in [0, 0.1) is 19.7 Å². The summed E-state index contributed by atoms with van der Waals surface area (Å²) in [5.41, 5.74) is 7.08. The summed E-state index contributed by atoms with van der Waals surface area (Å²) >= 11 is 0. The number of hydrogen-bond acceptors (Lipinski definition) is 5. The van der Waals surface area contributed by atoms with Crippen molar-refractivity contribution in [3.05, 3.63) is 47.3 Å². The normalized spacial score (nSPS) is 11.6. The van der Waals surface area contributed by atoms with E-state index in [0.717, 1.165) is 11.8 Å². The first kappa shape index (κ1) is 15.3. The van der Waals surface area contributed by atoms with Crippen molar-refractivity contribution in [2.24, 2.45) is 0 Å². The zero-order valence-electron chi connectivity index (χ0n) is 11.6. The van der Waals surface area contributed by atoms with Crippen molar-refractivity contribution < 1.29 is 12.8 Å². The number of nitrogen functional groups attached to an aromatic ring is 1. The molecule has 0 radical (unpaired) electrons. The molecule has 0 amide bonds. The summed E-state index contributed by atoms with van der Waals surface area (Å²) in [5, 5.41) is 0. The minimum atomic E-state index is -4.02. The number of nitrogens with two attached hydrogens (primary N) is 1. The Balaban J connectivity index is 2.25. The third-order valence-electron chi connectivity index (χ3n) is 2.81. The molecule has 0 spiro atoms. The molecule has 0 atom stereocenters. The molecule has 0 saturated carbocycles. The van der Waals surface area contributed by atoms with Gasteiger partial charge in [0.25, 0.3) is 0 Å². The largest absolute Gasteiger partial charge is 0.399 e. The van der Waals surface area contributed by atoms with E-state index in [1.165, 1.54) is 25.4 Å². The molecule has 0 aliphatic carbocycles. The Hall–Kier alpha value is -2.06. The molecule has 0 aliphatic rings. The van der Waals surface area contributed by atoms with Crippen LogP contribution in [0.25, 0.3) is 0 Å². The van der Waals surface area contributed by atoms with Crippen molar-refractivity contribution in [1.82, 2.24) is 14.7 Å². The van der Waals surface area contributed by atoms with Crippen molar-refractivity contribution >= 4 is 15.7 Å². The van der Waals surface area contributed by atoms with E-state index in [4.69, 9.17) is 5.73 Å². The molecule has 6 nitrogen and oxygen atoms in total. The standard InChI is InChI=1S/C13H15FN4O2S/c1-8-3-10(15)4-12(13(8)14)21(19,20)18-7-11-6-16-9(2)5-17-11/h3-6,18H,7,15H2,1-2H3. The molecular formula is C13H15FN4O2S. The molecule has 0 saturated heterocycles. The van der Waals surface area contributed by atoms with E-state index >= 15 is 0 Å². The highest BCUT2D eigenvalue weighted by atomic mass is 32.2. The fourth-order valence-electron chi connectivity index (χ4n) is 1.72. The van der Waals surface area contributed by atoms with Gasteiger partial charge in [-0.15, -0.1) is 0 Å². The van der Waals surface area contributed by atoms with Crippen LogP contribution in [0.2, 0.25) is 0 Å². The Morgan fingerprint density at radius 3 is 2.57 bits per heavy atom. The van der Waals surface area contributed by atoms with Crippen molar-refractivity contribution in [2.75, 3.05) is 5.73 Å². The smallest absolute Gasteiger partial charge is 0.243 e. The molecule has 21 heavy (non-hydrogen) atoms. The molecule has 0 aliphatic heterocycles. The number of aromatic nitrogens is 2. The molecule has 0 bridgehead atoms. The highest BCUT2D eigenvalue weighted by Crippen LogP contribution is 2.21. The number of anilines is 1. The summed E-state index contributed by atoms with van der Waals surface area (Å²) in [6.45, 7) is 3.14. The van der Waals surface area contributed by atoms with Crippen LogP contribution in [0.5, 0.6) is 0 Å². The highest BCUT2D eigenvalue weighted by Gasteiger charge is 2.21. The lowest BCUT2D eigenvalue weighted by molar-refractivity contribution is 0.552. The number of halogens is 1. The van der Waals surface area contributed by atoms with E-state index in [2.05, 4.69) is 14.7 Å². The van der Waals surface area contributed by atoms with Crippen LogP contribution in [0.3, 0.4) is 0 Å². The lowest BCUT2D eigenvalue weighted by Crippen LogP contribution is -2.25. The first-order valence-electron chi connectivity index (χ1n) is 6.12. The lowest BCUT2D eigenvalue weighted by Gasteiger charge is -2.10. The number of nitrogens with one attached hydrogen (secondary N) is 1. The zero-order chi connectivity index (χ0) is 15.6. The fourth-order valence-corrected chi connectivity index (χ4v) is 2.90. The van der Waals surface area contributed by atoms with Crippen molar-refractivity contribution in [2.45, 2.75) is 25.3 Å². The zero-order valence-corrected chi connectivity index (χ0v) is 12.4. The van der Waals surface area contributed by atoms with Crippen LogP contribution < -0.4 is 10.5 Å². The molecule has 1 heterocycles. The van der Waals surface area contributed by atoms with Gasteiger partial charge in [0.15, 0.2) is 0 Å². The van der Waals surface area contributed by atoms with Gasteiger partial charge >= 0.3 is 0 Å². The summed E-state index contributed by atoms with van der Waals surface area (Å²) in [6.07, 6.45) is 2.98. The Labute approximate surface area is 122 Å². The van der Waals surface area contributed by atoms with E-state index in [-0.39, 0.29) is 17.8 Å². The summed E-state index contributed by atoms with van der Waals surface area (Å²) in [7, 11) is -4.02. The molecule has 8 heteroatoms. The monoisotopic (exact) mass is 310 g/mol. The predicted octanol–water partition coefficient (Wildman–Crippen LogP) is 1.29. The maximum absolute atomic E-state index is 14.0. The predicted molar refractivity (Wildman–Crippen MR) is 76.3 cm³/mol.